The second kappa shape index (κ2) is 6.90. The minimum atomic E-state index is 0.415. The first kappa shape index (κ1) is 15.8. The fourth-order valence-electron chi connectivity index (χ4n) is 2.93. The summed E-state index contributed by atoms with van der Waals surface area (Å²) < 4.78 is 0. The molecule has 0 saturated carbocycles. The summed E-state index contributed by atoms with van der Waals surface area (Å²) in [5, 5.41) is 4.80. The average Bonchev–Trinajstić information content (AvgIpc) is 2.80. The number of anilines is 1. The maximum atomic E-state index is 4.85. The molecule has 3 nitrogen and oxygen atoms in total. The van der Waals surface area contributed by atoms with E-state index in [-0.39, 0.29) is 0 Å². The first-order valence-corrected chi connectivity index (χ1v) is 8.81. The molecule has 1 aliphatic rings. The zero-order chi connectivity index (χ0) is 14.7. The van der Waals surface area contributed by atoms with Gasteiger partial charge in [-0.1, -0.05) is 13.8 Å². The van der Waals surface area contributed by atoms with E-state index in [1.165, 1.54) is 35.0 Å². The van der Waals surface area contributed by atoms with Gasteiger partial charge in [0.25, 0.3) is 0 Å². The smallest absolute Gasteiger partial charge is 0.186 e. The minimum Gasteiger partial charge on any atom is -0.345 e. The first-order chi connectivity index (χ1) is 9.52. The molecule has 1 aromatic rings. The first-order valence-electron chi connectivity index (χ1n) is 8.00. The van der Waals surface area contributed by atoms with Crippen LogP contribution in [0.4, 0.5) is 5.13 Å². The van der Waals surface area contributed by atoms with Gasteiger partial charge in [-0.05, 0) is 52.5 Å². The molecule has 1 aliphatic heterocycles. The van der Waals surface area contributed by atoms with Gasteiger partial charge in [0.2, 0.25) is 0 Å². The molecular weight excluding hydrogens is 266 g/mol. The number of rotatable bonds is 5. The largest absolute Gasteiger partial charge is 0.345 e. The van der Waals surface area contributed by atoms with E-state index >= 15 is 0 Å². The Hall–Kier alpha value is -0.610. The van der Waals surface area contributed by atoms with E-state index in [2.05, 4.69) is 44.8 Å². The third-order valence-electron chi connectivity index (χ3n) is 4.28. The zero-order valence-corrected chi connectivity index (χ0v) is 14.4. The Kier molecular flexibility index (Phi) is 5.44. The van der Waals surface area contributed by atoms with Crippen LogP contribution < -0.4 is 10.2 Å². The number of nitrogens with one attached hydrogen (secondary N) is 1. The van der Waals surface area contributed by atoms with Crippen LogP contribution in [-0.2, 0) is 0 Å². The van der Waals surface area contributed by atoms with Crippen LogP contribution in [-0.4, -0.2) is 24.1 Å². The van der Waals surface area contributed by atoms with Gasteiger partial charge < -0.3 is 10.2 Å². The van der Waals surface area contributed by atoms with Crippen molar-refractivity contribution in [1.82, 2.24) is 10.3 Å². The van der Waals surface area contributed by atoms with Gasteiger partial charge in [-0.25, -0.2) is 4.98 Å². The van der Waals surface area contributed by atoms with Crippen LogP contribution >= 0.6 is 11.3 Å². The molecule has 0 radical (unpaired) electrons. The van der Waals surface area contributed by atoms with Crippen molar-refractivity contribution in [2.45, 2.75) is 66.0 Å². The minimum absolute atomic E-state index is 0.415. The highest BCUT2D eigenvalue weighted by atomic mass is 32.1. The predicted molar refractivity (Wildman–Crippen MR) is 88.8 cm³/mol. The van der Waals surface area contributed by atoms with Crippen molar-refractivity contribution in [2.75, 3.05) is 18.0 Å². The van der Waals surface area contributed by atoms with E-state index in [1.807, 2.05) is 11.3 Å². The zero-order valence-electron chi connectivity index (χ0n) is 13.6. The molecule has 1 fully saturated rings. The van der Waals surface area contributed by atoms with E-state index in [1.54, 1.807) is 0 Å². The molecule has 1 aromatic heterocycles. The van der Waals surface area contributed by atoms with Gasteiger partial charge in [0.05, 0.1) is 5.69 Å². The summed E-state index contributed by atoms with van der Waals surface area (Å²) in [7, 11) is 0. The number of aromatic nitrogens is 1. The van der Waals surface area contributed by atoms with Crippen LogP contribution in [0.5, 0.6) is 0 Å². The second-order valence-electron chi connectivity index (χ2n) is 6.31. The summed E-state index contributed by atoms with van der Waals surface area (Å²) >= 11 is 1.88. The summed E-state index contributed by atoms with van der Waals surface area (Å²) in [6.45, 7) is 13.5. The van der Waals surface area contributed by atoms with Gasteiger partial charge in [-0.15, -0.1) is 11.3 Å². The second-order valence-corrected chi connectivity index (χ2v) is 7.31. The number of aryl methyl sites for hydroxylation is 1. The highest BCUT2D eigenvalue weighted by Gasteiger charge is 2.26. The standard InChI is InChI=1S/C16H29N3S/c1-6-9-17-13(4)15-14(5)18-16(20-15)19-10-11(2)7-8-12(19)3/h11-13,17H,6-10H2,1-5H3. The molecule has 0 amide bonds. The Morgan fingerprint density at radius 3 is 2.85 bits per heavy atom. The molecule has 0 spiro atoms. The Labute approximate surface area is 127 Å². The Bertz CT molecular complexity index is 429. The summed E-state index contributed by atoms with van der Waals surface area (Å²) in [5.41, 5.74) is 1.20. The molecule has 4 heteroatoms. The average molecular weight is 295 g/mol. The fourth-order valence-corrected chi connectivity index (χ4v) is 4.13. The van der Waals surface area contributed by atoms with Crippen molar-refractivity contribution in [1.29, 1.82) is 0 Å². The van der Waals surface area contributed by atoms with E-state index < -0.39 is 0 Å². The molecular formula is C16H29N3S. The number of thiazole rings is 1. The van der Waals surface area contributed by atoms with Crippen molar-refractivity contribution in [2.24, 2.45) is 5.92 Å². The Morgan fingerprint density at radius 1 is 1.40 bits per heavy atom. The van der Waals surface area contributed by atoms with E-state index in [4.69, 9.17) is 4.98 Å². The lowest BCUT2D eigenvalue weighted by molar-refractivity contribution is 0.390. The summed E-state index contributed by atoms with van der Waals surface area (Å²) in [6.07, 6.45) is 3.82. The Balaban J connectivity index is 2.13. The molecule has 1 N–H and O–H groups in total. The van der Waals surface area contributed by atoms with Crippen molar-refractivity contribution in [3.05, 3.63) is 10.6 Å². The lowest BCUT2D eigenvalue weighted by atomic mass is 9.96. The maximum Gasteiger partial charge on any atom is 0.186 e. The summed E-state index contributed by atoms with van der Waals surface area (Å²) in [6, 6.07) is 1.04. The number of hydrogen-bond donors (Lipinski definition) is 1. The van der Waals surface area contributed by atoms with Crippen LogP contribution in [0.15, 0.2) is 0 Å². The molecule has 2 rings (SSSR count). The van der Waals surface area contributed by atoms with Gasteiger partial charge in [0.15, 0.2) is 5.13 Å². The fraction of sp³-hybridized carbons (Fsp3) is 0.812. The monoisotopic (exact) mass is 295 g/mol. The molecule has 3 atom stereocenters. The van der Waals surface area contributed by atoms with Crippen LogP contribution in [0.1, 0.15) is 63.6 Å². The predicted octanol–water partition coefficient (Wildman–Crippen LogP) is 4.14. The molecule has 0 aliphatic carbocycles. The quantitative estimate of drug-likeness (QED) is 0.885. The number of piperidine rings is 1. The Morgan fingerprint density at radius 2 is 2.15 bits per heavy atom. The van der Waals surface area contributed by atoms with Gasteiger partial charge in [-0.3, -0.25) is 0 Å². The molecule has 0 aromatic carbocycles. The van der Waals surface area contributed by atoms with E-state index in [0.29, 0.717) is 12.1 Å². The number of hydrogen-bond acceptors (Lipinski definition) is 4. The van der Waals surface area contributed by atoms with Crippen molar-refractivity contribution in [3.8, 4) is 0 Å². The molecule has 0 bridgehead atoms. The van der Waals surface area contributed by atoms with E-state index in [9.17, 15) is 0 Å². The van der Waals surface area contributed by atoms with Gasteiger partial charge in [-0.2, -0.15) is 0 Å². The molecule has 3 unspecified atom stereocenters. The van der Waals surface area contributed by atoms with Gasteiger partial charge in [0, 0.05) is 23.5 Å². The third-order valence-corrected chi connectivity index (χ3v) is 5.66. The normalized spacial score (nSPS) is 24.9. The lowest BCUT2D eigenvalue weighted by Gasteiger charge is -2.36. The third kappa shape index (κ3) is 3.53. The van der Waals surface area contributed by atoms with Crippen molar-refractivity contribution in [3.63, 3.8) is 0 Å². The molecule has 1 saturated heterocycles. The van der Waals surface area contributed by atoms with Crippen molar-refractivity contribution < 1.29 is 0 Å². The molecule has 20 heavy (non-hydrogen) atoms. The highest BCUT2D eigenvalue weighted by Crippen LogP contribution is 2.34. The van der Waals surface area contributed by atoms with Crippen molar-refractivity contribution >= 4 is 16.5 Å². The molecule has 114 valence electrons. The maximum absolute atomic E-state index is 4.85. The topological polar surface area (TPSA) is 28.2 Å². The molecule has 2 heterocycles. The lowest BCUT2D eigenvalue weighted by Crippen LogP contribution is -2.41. The summed E-state index contributed by atoms with van der Waals surface area (Å²) in [4.78, 5) is 8.77. The van der Waals surface area contributed by atoms with Crippen LogP contribution in [0, 0.1) is 12.8 Å². The van der Waals surface area contributed by atoms with E-state index in [0.717, 1.165) is 19.0 Å². The number of nitrogens with zero attached hydrogens (tertiary/aromatic N) is 2. The summed E-state index contributed by atoms with van der Waals surface area (Å²) in [5.74, 6) is 0.787. The highest BCUT2D eigenvalue weighted by molar-refractivity contribution is 7.15. The van der Waals surface area contributed by atoms with Crippen LogP contribution in [0.25, 0.3) is 0 Å². The SMILES string of the molecule is CCCNC(C)c1sc(N2CC(C)CCC2C)nc1C. The van der Waals surface area contributed by atoms with Crippen LogP contribution in [0.3, 0.4) is 0 Å². The van der Waals surface area contributed by atoms with Gasteiger partial charge >= 0.3 is 0 Å². The van der Waals surface area contributed by atoms with Crippen LogP contribution in [0.2, 0.25) is 0 Å². The van der Waals surface area contributed by atoms with Gasteiger partial charge in [0.1, 0.15) is 0 Å².